The van der Waals surface area contributed by atoms with E-state index in [1.165, 1.54) is 0 Å². The second-order valence-electron chi connectivity index (χ2n) is 3.99. The van der Waals surface area contributed by atoms with E-state index in [4.69, 9.17) is 0 Å². The third-order valence-corrected chi connectivity index (χ3v) is 2.55. The molecule has 0 bridgehead atoms. The molecule has 0 saturated heterocycles. The Morgan fingerprint density at radius 3 is 2.31 bits per heavy atom. The highest BCUT2D eigenvalue weighted by atomic mass is 16.1. The van der Waals surface area contributed by atoms with Crippen molar-refractivity contribution in [3.8, 4) is 0 Å². The van der Waals surface area contributed by atoms with Gasteiger partial charge < -0.3 is 0 Å². The van der Waals surface area contributed by atoms with Crippen molar-refractivity contribution in [1.82, 2.24) is 9.78 Å². The second kappa shape index (κ2) is 3.93. The largest absolute Gasteiger partial charge is 0.287 e. The molecule has 0 radical (unpaired) electrons. The summed E-state index contributed by atoms with van der Waals surface area (Å²) in [5.41, 5.74) is 3.34. The fraction of sp³-hybridized carbons (Fsp3) is 0.231. The zero-order valence-corrected chi connectivity index (χ0v) is 9.69. The maximum Gasteiger partial charge on any atom is 0.211 e. The first-order chi connectivity index (χ1) is 7.58. The van der Waals surface area contributed by atoms with Crippen LogP contribution >= 0.6 is 0 Å². The summed E-state index contributed by atoms with van der Waals surface area (Å²) in [5.74, 6) is 0.0168. The van der Waals surface area contributed by atoms with Crippen LogP contribution in [0.1, 0.15) is 27.3 Å². The van der Waals surface area contributed by atoms with Gasteiger partial charge in [0.05, 0.1) is 5.69 Å². The van der Waals surface area contributed by atoms with E-state index >= 15 is 0 Å². The van der Waals surface area contributed by atoms with Crippen LogP contribution in [0.5, 0.6) is 0 Å². The Balaban J connectivity index is 2.39. The summed E-state index contributed by atoms with van der Waals surface area (Å²) in [6, 6.07) is 9.38. The zero-order valence-electron chi connectivity index (χ0n) is 9.69. The summed E-state index contributed by atoms with van der Waals surface area (Å²) in [4.78, 5) is 12.1. The lowest BCUT2D eigenvalue weighted by Gasteiger charge is -2.01. The van der Waals surface area contributed by atoms with Gasteiger partial charge in [-0.15, -0.1) is 0 Å². The monoisotopic (exact) mass is 214 g/mol. The van der Waals surface area contributed by atoms with Crippen molar-refractivity contribution in [1.29, 1.82) is 0 Å². The summed E-state index contributed by atoms with van der Waals surface area (Å²) in [6.45, 7) is 3.88. The van der Waals surface area contributed by atoms with E-state index in [0.29, 0.717) is 11.3 Å². The van der Waals surface area contributed by atoms with Crippen LogP contribution in [0.15, 0.2) is 30.3 Å². The van der Waals surface area contributed by atoms with Crippen molar-refractivity contribution >= 4 is 5.78 Å². The van der Waals surface area contributed by atoms with Crippen LogP contribution < -0.4 is 0 Å². The number of ketones is 1. The van der Waals surface area contributed by atoms with Crippen LogP contribution in [0.3, 0.4) is 0 Å². The minimum Gasteiger partial charge on any atom is -0.287 e. The van der Waals surface area contributed by atoms with E-state index in [-0.39, 0.29) is 5.78 Å². The Morgan fingerprint density at radius 1 is 1.19 bits per heavy atom. The summed E-state index contributed by atoms with van der Waals surface area (Å²) >= 11 is 0. The number of aryl methyl sites for hydroxylation is 3. The molecule has 1 heterocycles. The molecule has 1 aromatic heterocycles. The summed E-state index contributed by atoms with van der Waals surface area (Å²) in [6.07, 6.45) is 0. The van der Waals surface area contributed by atoms with E-state index in [1.807, 2.05) is 44.2 Å². The van der Waals surface area contributed by atoms with Crippen molar-refractivity contribution in [2.45, 2.75) is 13.8 Å². The Bertz CT molecular complexity index is 523. The van der Waals surface area contributed by atoms with Gasteiger partial charge in [0, 0.05) is 12.6 Å². The van der Waals surface area contributed by atoms with Gasteiger partial charge in [0.25, 0.3) is 0 Å². The van der Waals surface area contributed by atoms with Gasteiger partial charge in [-0.3, -0.25) is 9.48 Å². The number of benzene rings is 1. The van der Waals surface area contributed by atoms with Crippen molar-refractivity contribution < 1.29 is 4.79 Å². The average molecular weight is 214 g/mol. The molecule has 0 unspecified atom stereocenters. The van der Waals surface area contributed by atoms with E-state index in [2.05, 4.69) is 5.10 Å². The van der Waals surface area contributed by atoms with Crippen LogP contribution in [0, 0.1) is 13.8 Å². The predicted octanol–water partition coefficient (Wildman–Crippen LogP) is 2.27. The minimum atomic E-state index is 0.0168. The minimum absolute atomic E-state index is 0.0168. The first kappa shape index (κ1) is 10.6. The highest BCUT2D eigenvalue weighted by Gasteiger charge is 2.13. The summed E-state index contributed by atoms with van der Waals surface area (Å²) in [7, 11) is 1.79. The van der Waals surface area contributed by atoms with Gasteiger partial charge >= 0.3 is 0 Å². The van der Waals surface area contributed by atoms with Gasteiger partial charge in [-0.1, -0.05) is 29.8 Å². The number of rotatable bonds is 2. The molecule has 3 heteroatoms. The van der Waals surface area contributed by atoms with Gasteiger partial charge in [-0.2, -0.15) is 5.10 Å². The number of carbonyl (C=O) groups excluding carboxylic acids is 1. The van der Waals surface area contributed by atoms with Crippen molar-refractivity contribution in [3.63, 3.8) is 0 Å². The number of hydrogen-bond donors (Lipinski definition) is 0. The molecule has 0 spiro atoms. The van der Waals surface area contributed by atoms with Crippen molar-refractivity contribution in [2.24, 2.45) is 7.05 Å². The maximum atomic E-state index is 12.1. The Hall–Kier alpha value is -1.90. The fourth-order valence-electron chi connectivity index (χ4n) is 1.68. The second-order valence-corrected chi connectivity index (χ2v) is 3.99. The SMILES string of the molecule is Cc1ccc(C(=O)c2cc(C)nn2C)cc1. The summed E-state index contributed by atoms with van der Waals surface area (Å²) < 4.78 is 1.62. The van der Waals surface area contributed by atoms with Crippen LogP contribution in [-0.4, -0.2) is 15.6 Å². The molecule has 0 aliphatic carbocycles. The number of aromatic nitrogens is 2. The van der Waals surface area contributed by atoms with Gasteiger partial charge in [-0.05, 0) is 19.9 Å². The molecular formula is C13H14N2O. The van der Waals surface area contributed by atoms with Crippen molar-refractivity contribution in [2.75, 3.05) is 0 Å². The zero-order chi connectivity index (χ0) is 11.7. The Kier molecular flexibility index (Phi) is 2.60. The molecular weight excluding hydrogens is 200 g/mol. The van der Waals surface area contributed by atoms with E-state index in [0.717, 1.165) is 11.3 Å². The van der Waals surface area contributed by atoms with E-state index < -0.39 is 0 Å². The Morgan fingerprint density at radius 2 is 1.81 bits per heavy atom. The molecule has 0 amide bonds. The topological polar surface area (TPSA) is 34.9 Å². The summed E-state index contributed by atoms with van der Waals surface area (Å²) in [5, 5.41) is 4.17. The third kappa shape index (κ3) is 1.89. The Labute approximate surface area is 94.7 Å². The van der Waals surface area contributed by atoms with Crippen LogP contribution in [-0.2, 0) is 7.05 Å². The predicted molar refractivity (Wildman–Crippen MR) is 62.6 cm³/mol. The smallest absolute Gasteiger partial charge is 0.211 e. The lowest BCUT2D eigenvalue weighted by Crippen LogP contribution is -2.07. The molecule has 3 nitrogen and oxygen atoms in total. The fourth-order valence-corrected chi connectivity index (χ4v) is 1.68. The van der Waals surface area contributed by atoms with E-state index in [9.17, 15) is 4.79 Å². The third-order valence-electron chi connectivity index (χ3n) is 2.55. The first-order valence-corrected chi connectivity index (χ1v) is 5.20. The van der Waals surface area contributed by atoms with Crippen LogP contribution in [0.4, 0.5) is 0 Å². The number of carbonyl (C=O) groups is 1. The molecule has 2 rings (SSSR count). The molecule has 0 aliphatic rings. The molecule has 2 aromatic rings. The standard InChI is InChI=1S/C13H14N2O/c1-9-4-6-11(7-5-9)13(16)12-8-10(2)14-15(12)3/h4-8H,1-3H3. The highest BCUT2D eigenvalue weighted by Crippen LogP contribution is 2.11. The molecule has 1 aromatic carbocycles. The number of nitrogens with zero attached hydrogens (tertiary/aromatic N) is 2. The lowest BCUT2D eigenvalue weighted by atomic mass is 10.1. The molecule has 0 fully saturated rings. The first-order valence-electron chi connectivity index (χ1n) is 5.20. The molecule has 0 saturated carbocycles. The van der Waals surface area contributed by atoms with Crippen LogP contribution in [0.25, 0.3) is 0 Å². The van der Waals surface area contributed by atoms with Gasteiger partial charge in [0.15, 0.2) is 0 Å². The molecule has 82 valence electrons. The van der Waals surface area contributed by atoms with Crippen LogP contribution in [0.2, 0.25) is 0 Å². The van der Waals surface area contributed by atoms with Gasteiger partial charge in [0.2, 0.25) is 5.78 Å². The maximum absolute atomic E-state index is 12.1. The van der Waals surface area contributed by atoms with Crippen molar-refractivity contribution in [3.05, 3.63) is 52.8 Å². The molecule has 16 heavy (non-hydrogen) atoms. The lowest BCUT2D eigenvalue weighted by molar-refractivity contribution is 0.103. The van der Waals surface area contributed by atoms with E-state index in [1.54, 1.807) is 11.7 Å². The average Bonchev–Trinajstić information content (AvgIpc) is 2.58. The molecule has 0 N–H and O–H groups in total. The molecule has 0 atom stereocenters. The number of hydrogen-bond acceptors (Lipinski definition) is 2. The van der Waals surface area contributed by atoms with Gasteiger partial charge in [0.1, 0.15) is 5.69 Å². The quantitative estimate of drug-likeness (QED) is 0.719. The molecule has 0 aliphatic heterocycles. The van der Waals surface area contributed by atoms with Gasteiger partial charge in [-0.25, -0.2) is 0 Å². The normalized spacial score (nSPS) is 10.4. The highest BCUT2D eigenvalue weighted by molar-refractivity contribution is 6.07.